The second kappa shape index (κ2) is 4.56. The van der Waals surface area contributed by atoms with E-state index in [1.54, 1.807) is 0 Å². The second-order valence-electron chi connectivity index (χ2n) is 2.60. The number of nitrogen functional groups attached to an aromatic ring is 1. The standard InChI is InChI=1S/C7H8ClNO3S.Li/c1-4-2-5(9)3-6(8)7(4)13(10,11)12;/h2-3H,9H2,1H3,(H,10,11,12);/q;+1/p-1. The Morgan fingerprint density at radius 3 is 2.29 bits per heavy atom. The average molecular weight is 228 g/mol. The second-order valence-corrected chi connectivity index (χ2v) is 4.33. The van der Waals surface area contributed by atoms with E-state index in [-0.39, 0.29) is 29.4 Å². The van der Waals surface area contributed by atoms with Gasteiger partial charge in [-0.05, 0) is 24.6 Å². The number of hydrogen-bond acceptors (Lipinski definition) is 4. The van der Waals surface area contributed by atoms with Crippen LogP contribution in [0.15, 0.2) is 17.0 Å². The molecule has 0 aromatic heterocycles. The Hall–Kier alpha value is -0.183. The minimum atomic E-state index is -4.52. The summed E-state index contributed by atoms with van der Waals surface area (Å²) in [5, 5.41) is -0.132. The predicted octanol–water partition coefficient (Wildman–Crippen LogP) is -1.86. The number of hydrogen-bond donors (Lipinski definition) is 1. The van der Waals surface area contributed by atoms with Gasteiger partial charge in [-0.2, -0.15) is 0 Å². The zero-order chi connectivity index (χ0) is 10.2. The van der Waals surface area contributed by atoms with Crippen molar-refractivity contribution in [3.8, 4) is 0 Å². The molecule has 0 bridgehead atoms. The van der Waals surface area contributed by atoms with Gasteiger partial charge in [0.05, 0.1) is 9.92 Å². The van der Waals surface area contributed by atoms with Crippen LogP contribution < -0.4 is 24.6 Å². The maximum atomic E-state index is 10.7. The van der Waals surface area contributed by atoms with Gasteiger partial charge in [-0.15, -0.1) is 0 Å². The van der Waals surface area contributed by atoms with Crippen LogP contribution in [0.1, 0.15) is 5.56 Å². The molecule has 0 aliphatic carbocycles. The molecule has 0 radical (unpaired) electrons. The van der Waals surface area contributed by atoms with Gasteiger partial charge in [0.15, 0.2) is 0 Å². The van der Waals surface area contributed by atoms with Crippen molar-refractivity contribution in [2.75, 3.05) is 5.73 Å². The normalized spacial score (nSPS) is 10.8. The third-order valence-corrected chi connectivity index (χ3v) is 2.95. The monoisotopic (exact) mass is 227 g/mol. The maximum absolute atomic E-state index is 10.7. The molecular weight excluding hydrogens is 221 g/mol. The molecule has 0 aliphatic heterocycles. The van der Waals surface area contributed by atoms with Crippen LogP contribution in [0.2, 0.25) is 5.02 Å². The molecule has 4 nitrogen and oxygen atoms in total. The van der Waals surface area contributed by atoms with E-state index in [2.05, 4.69) is 0 Å². The van der Waals surface area contributed by atoms with Crippen LogP contribution in [-0.2, 0) is 10.1 Å². The molecular formula is C7H7ClLiNO3S. The Morgan fingerprint density at radius 1 is 1.43 bits per heavy atom. The van der Waals surface area contributed by atoms with Gasteiger partial charge in [-0.3, -0.25) is 0 Å². The Bertz CT molecular complexity index is 423. The van der Waals surface area contributed by atoms with E-state index in [0.29, 0.717) is 5.69 Å². The smallest absolute Gasteiger partial charge is 0.744 e. The summed E-state index contributed by atoms with van der Waals surface area (Å²) in [6, 6.07) is 2.62. The molecule has 0 saturated carbocycles. The quantitative estimate of drug-likeness (QED) is 0.346. The van der Waals surface area contributed by atoms with Crippen molar-refractivity contribution < 1.29 is 31.8 Å². The summed E-state index contributed by atoms with van der Waals surface area (Å²) < 4.78 is 32.1. The fraction of sp³-hybridized carbons (Fsp3) is 0.143. The maximum Gasteiger partial charge on any atom is 1.00 e. The summed E-state index contributed by atoms with van der Waals surface area (Å²) in [6.07, 6.45) is 0. The van der Waals surface area contributed by atoms with Crippen molar-refractivity contribution in [1.29, 1.82) is 0 Å². The molecule has 0 atom stereocenters. The number of nitrogens with two attached hydrogens (primary N) is 1. The van der Waals surface area contributed by atoms with Gasteiger partial charge in [-0.1, -0.05) is 11.6 Å². The summed E-state index contributed by atoms with van der Waals surface area (Å²) in [5.74, 6) is 0. The number of aryl methyl sites for hydroxylation is 1. The van der Waals surface area contributed by atoms with Gasteiger partial charge < -0.3 is 10.3 Å². The minimum Gasteiger partial charge on any atom is -0.744 e. The van der Waals surface area contributed by atoms with Crippen molar-refractivity contribution in [2.45, 2.75) is 11.8 Å². The molecule has 2 N–H and O–H groups in total. The zero-order valence-corrected chi connectivity index (χ0v) is 9.32. The summed E-state index contributed by atoms with van der Waals surface area (Å²) in [4.78, 5) is -0.400. The summed E-state index contributed by atoms with van der Waals surface area (Å²) in [6.45, 7) is 1.47. The molecule has 72 valence electrons. The molecule has 1 aromatic carbocycles. The average Bonchev–Trinajstić information content (AvgIpc) is 1.78. The Kier molecular flexibility index (Phi) is 4.50. The Morgan fingerprint density at radius 2 is 1.93 bits per heavy atom. The van der Waals surface area contributed by atoms with E-state index in [1.807, 2.05) is 0 Å². The van der Waals surface area contributed by atoms with Crippen molar-refractivity contribution in [1.82, 2.24) is 0 Å². The first kappa shape index (κ1) is 13.8. The molecule has 0 saturated heterocycles. The predicted molar refractivity (Wildman–Crippen MR) is 48.6 cm³/mol. The number of rotatable bonds is 1. The number of halogens is 1. The van der Waals surface area contributed by atoms with Gasteiger partial charge in [-0.25, -0.2) is 8.42 Å². The summed E-state index contributed by atoms with van der Waals surface area (Å²) in [7, 11) is -4.52. The van der Waals surface area contributed by atoms with Crippen LogP contribution in [0, 0.1) is 6.92 Å². The first-order chi connectivity index (χ1) is 5.82. The van der Waals surface area contributed by atoms with Crippen molar-refractivity contribution >= 4 is 27.4 Å². The van der Waals surface area contributed by atoms with Crippen molar-refractivity contribution in [3.63, 3.8) is 0 Å². The van der Waals surface area contributed by atoms with Gasteiger partial charge >= 0.3 is 18.9 Å². The van der Waals surface area contributed by atoms with E-state index in [4.69, 9.17) is 17.3 Å². The molecule has 1 aromatic rings. The summed E-state index contributed by atoms with van der Waals surface area (Å²) in [5.41, 5.74) is 5.98. The fourth-order valence-electron chi connectivity index (χ4n) is 1.07. The third-order valence-electron chi connectivity index (χ3n) is 1.50. The van der Waals surface area contributed by atoms with E-state index in [9.17, 15) is 13.0 Å². The van der Waals surface area contributed by atoms with Crippen LogP contribution in [0.3, 0.4) is 0 Å². The molecule has 0 unspecified atom stereocenters. The number of benzene rings is 1. The molecule has 14 heavy (non-hydrogen) atoms. The molecule has 0 fully saturated rings. The van der Waals surface area contributed by atoms with Crippen LogP contribution in [0.5, 0.6) is 0 Å². The van der Waals surface area contributed by atoms with E-state index < -0.39 is 15.0 Å². The first-order valence-corrected chi connectivity index (χ1v) is 5.12. The molecule has 1 rings (SSSR count). The van der Waals surface area contributed by atoms with Gasteiger partial charge in [0.1, 0.15) is 10.1 Å². The van der Waals surface area contributed by atoms with Crippen LogP contribution >= 0.6 is 11.6 Å². The van der Waals surface area contributed by atoms with Crippen LogP contribution in [0.4, 0.5) is 5.69 Å². The zero-order valence-electron chi connectivity index (χ0n) is 7.74. The molecule has 0 amide bonds. The third kappa shape index (κ3) is 2.91. The fourth-order valence-corrected chi connectivity index (χ4v) is 2.38. The SMILES string of the molecule is Cc1cc(N)cc(Cl)c1S(=O)(=O)[O-].[Li+]. The van der Waals surface area contributed by atoms with E-state index in [1.165, 1.54) is 19.1 Å². The van der Waals surface area contributed by atoms with Crippen LogP contribution in [-0.4, -0.2) is 13.0 Å². The first-order valence-electron chi connectivity index (χ1n) is 3.34. The van der Waals surface area contributed by atoms with E-state index >= 15 is 0 Å². The molecule has 0 heterocycles. The largest absolute Gasteiger partial charge is 1.00 e. The molecule has 7 heteroatoms. The minimum absolute atomic E-state index is 0. The van der Waals surface area contributed by atoms with E-state index in [0.717, 1.165) is 0 Å². The van der Waals surface area contributed by atoms with Gasteiger partial charge in [0.25, 0.3) is 0 Å². The Balaban J connectivity index is 0.00000169. The molecule has 0 aliphatic rings. The van der Waals surface area contributed by atoms with Crippen molar-refractivity contribution in [2.24, 2.45) is 0 Å². The van der Waals surface area contributed by atoms with Crippen molar-refractivity contribution in [3.05, 3.63) is 22.7 Å². The molecule has 0 spiro atoms. The van der Waals surface area contributed by atoms with Gasteiger partial charge in [0, 0.05) is 5.69 Å². The Labute approximate surface area is 99.4 Å². The van der Waals surface area contributed by atoms with Gasteiger partial charge in [0.2, 0.25) is 0 Å². The summed E-state index contributed by atoms with van der Waals surface area (Å²) >= 11 is 5.56. The topological polar surface area (TPSA) is 83.2 Å². The number of anilines is 1. The van der Waals surface area contributed by atoms with Crippen LogP contribution in [0.25, 0.3) is 0 Å².